The minimum absolute atomic E-state index is 1.28. The Bertz CT molecular complexity index is 827. The third-order valence-corrected chi connectivity index (χ3v) is 3.81. The van der Waals surface area contributed by atoms with Crippen LogP contribution >= 0.6 is 0 Å². The summed E-state index contributed by atoms with van der Waals surface area (Å²) in [6.07, 6.45) is 0. The minimum Gasteiger partial charge on any atom is -0.0622 e. The fraction of sp³-hybridized carbons (Fsp3) is 0. The molecule has 0 radical (unpaired) electrons. The molecule has 0 atom stereocenters. The molecule has 0 nitrogen and oxygen atoms in total. The summed E-state index contributed by atoms with van der Waals surface area (Å²) in [6.45, 7) is 0. The topological polar surface area (TPSA) is 0 Å². The van der Waals surface area contributed by atoms with Crippen LogP contribution in [-0.2, 0) is 0 Å². The summed E-state index contributed by atoms with van der Waals surface area (Å²) in [6, 6.07) is 30.3. The van der Waals surface area contributed by atoms with E-state index in [9.17, 15) is 0 Å². The molecule has 0 aromatic heterocycles. The van der Waals surface area contributed by atoms with E-state index in [2.05, 4.69) is 84.9 Å². The fourth-order valence-electron chi connectivity index (χ4n) is 2.75. The van der Waals surface area contributed by atoms with Crippen molar-refractivity contribution >= 4 is 10.8 Å². The Morgan fingerprint density at radius 1 is 0.350 bits per heavy atom. The van der Waals surface area contributed by atoms with Crippen molar-refractivity contribution in [3.63, 3.8) is 0 Å². The lowest BCUT2D eigenvalue weighted by Gasteiger charge is -2.01. The Balaban J connectivity index is 1.91. The van der Waals surface area contributed by atoms with E-state index in [0.717, 1.165) is 0 Å². The average Bonchev–Trinajstić information content (AvgIpc) is 2.78. The Morgan fingerprint density at radius 3 is 1.70 bits per heavy atom. The zero-order valence-electron chi connectivity index (χ0n) is 11.1. The van der Waals surface area contributed by atoms with Crippen molar-refractivity contribution in [2.75, 3.05) is 0 Å². The van der Waals surface area contributed by atoms with E-state index in [-0.39, 0.29) is 0 Å². The molecule has 0 amide bonds. The molecule has 0 bridgehead atoms. The molecule has 0 N–H and O–H groups in total. The molecule has 0 spiro atoms. The molecule has 0 saturated carbocycles. The van der Waals surface area contributed by atoms with Gasteiger partial charge in [0.15, 0.2) is 0 Å². The van der Waals surface area contributed by atoms with Gasteiger partial charge in [0.1, 0.15) is 0 Å². The van der Waals surface area contributed by atoms with Crippen LogP contribution in [0.5, 0.6) is 0 Å². The lowest BCUT2D eigenvalue weighted by molar-refractivity contribution is 1.71. The van der Waals surface area contributed by atoms with Gasteiger partial charge in [-0.1, -0.05) is 66.7 Å². The van der Waals surface area contributed by atoms with Crippen molar-refractivity contribution in [3.05, 3.63) is 84.9 Å². The monoisotopic (exact) mass is 254 g/mol. The first-order chi connectivity index (χ1) is 9.90. The van der Waals surface area contributed by atoms with E-state index in [1.54, 1.807) is 0 Å². The van der Waals surface area contributed by atoms with E-state index < -0.39 is 0 Å². The largest absolute Gasteiger partial charge is 0.0622 e. The molecule has 94 valence electrons. The van der Waals surface area contributed by atoms with E-state index in [4.69, 9.17) is 0 Å². The van der Waals surface area contributed by atoms with Gasteiger partial charge >= 0.3 is 0 Å². The van der Waals surface area contributed by atoms with Gasteiger partial charge in [0.25, 0.3) is 0 Å². The highest BCUT2D eigenvalue weighted by atomic mass is 14.1. The number of hydrogen-bond donors (Lipinski definition) is 0. The molecule has 0 aliphatic heterocycles. The zero-order chi connectivity index (χ0) is 13.4. The number of rotatable bonds is 1. The molecule has 0 heterocycles. The maximum atomic E-state index is 2.27. The zero-order valence-corrected chi connectivity index (χ0v) is 11.1. The van der Waals surface area contributed by atoms with E-state index >= 15 is 0 Å². The molecule has 2 aliphatic carbocycles. The van der Waals surface area contributed by atoms with E-state index in [1.165, 1.54) is 33.0 Å². The predicted octanol–water partition coefficient (Wildman–Crippen LogP) is 5.61. The van der Waals surface area contributed by atoms with Crippen LogP contribution in [0.25, 0.3) is 33.0 Å². The number of benzene rings is 2. The maximum Gasteiger partial charge on any atom is -0.0171 e. The van der Waals surface area contributed by atoms with Crippen LogP contribution in [0.3, 0.4) is 0 Å². The first kappa shape index (κ1) is 11.2. The molecule has 2 aromatic rings. The van der Waals surface area contributed by atoms with Crippen molar-refractivity contribution in [2.24, 2.45) is 0 Å². The highest BCUT2D eigenvalue weighted by Gasteiger charge is 2.06. The normalized spacial score (nSPS) is 11.0. The third-order valence-electron chi connectivity index (χ3n) is 3.81. The standard InChI is InChI=1S/C20H14/c1-2-7-17-13-20(14-18(17)8-3-1)19-11-10-15-6-4-5-9-16(15)12-19/h1-14H. The molecule has 0 unspecified atom stereocenters. The Morgan fingerprint density at radius 2 is 0.950 bits per heavy atom. The highest BCUT2D eigenvalue weighted by Crippen LogP contribution is 2.32. The lowest BCUT2D eigenvalue weighted by Crippen LogP contribution is -1.75. The van der Waals surface area contributed by atoms with Crippen molar-refractivity contribution in [1.82, 2.24) is 0 Å². The second kappa shape index (κ2) is 4.50. The SMILES string of the molecule is c1ccc2cc(-c3ccc4ccccc4c3)cc-2cc1. The van der Waals surface area contributed by atoms with Gasteiger partial charge in [-0.05, 0) is 51.2 Å². The lowest BCUT2D eigenvalue weighted by atomic mass is 10.0. The molecular weight excluding hydrogens is 240 g/mol. The van der Waals surface area contributed by atoms with Crippen LogP contribution in [0, 0.1) is 0 Å². The van der Waals surface area contributed by atoms with Crippen LogP contribution in [0.2, 0.25) is 0 Å². The molecule has 0 heteroatoms. The van der Waals surface area contributed by atoms with Gasteiger partial charge in [0, 0.05) is 0 Å². The van der Waals surface area contributed by atoms with Crippen LogP contribution in [-0.4, -0.2) is 0 Å². The van der Waals surface area contributed by atoms with Gasteiger partial charge in [-0.2, -0.15) is 0 Å². The van der Waals surface area contributed by atoms with Crippen LogP contribution in [0.4, 0.5) is 0 Å². The predicted molar refractivity (Wildman–Crippen MR) is 86.0 cm³/mol. The summed E-state index contributed by atoms with van der Waals surface area (Å²) in [7, 11) is 0. The summed E-state index contributed by atoms with van der Waals surface area (Å²) in [5, 5.41) is 2.58. The molecule has 2 aliphatic rings. The second-order valence-electron chi connectivity index (χ2n) is 5.13. The molecule has 0 saturated heterocycles. The first-order valence-electron chi connectivity index (χ1n) is 6.88. The maximum absolute atomic E-state index is 2.27. The molecule has 4 rings (SSSR count). The van der Waals surface area contributed by atoms with E-state index in [1.807, 2.05) is 0 Å². The van der Waals surface area contributed by atoms with E-state index in [0.29, 0.717) is 0 Å². The molecule has 2 aromatic carbocycles. The highest BCUT2D eigenvalue weighted by molar-refractivity contribution is 5.89. The van der Waals surface area contributed by atoms with Gasteiger partial charge in [0.2, 0.25) is 0 Å². The minimum atomic E-state index is 1.28. The summed E-state index contributed by atoms with van der Waals surface area (Å²) >= 11 is 0. The Labute approximate surface area is 118 Å². The first-order valence-corrected chi connectivity index (χ1v) is 6.88. The summed E-state index contributed by atoms with van der Waals surface area (Å²) < 4.78 is 0. The molecule has 0 fully saturated rings. The summed E-state index contributed by atoms with van der Waals surface area (Å²) in [5.41, 5.74) is 5.15. The summed E-state index contributed by atoms with van der Waals surface area (Å²) in [5.74, 6) is 0. The Kier molecular flexibility index (Phi) is 2.53. The quantitative estimate of drug-likeness (QED) is 0.414. The van der Waals surface area contributed by atoms with Gasteiger partial charge < -0.3 is 0 Å². The van der Waals surface area contributed by atoms with Gasteiger partial charge in [-0.15, -0.1) is 0 Å². The van der Waals surface area contributed by atoms with Crippen LogP contribution in [0.1, 0.15) is 0 Å². The fourth-order valence-corrected chi connectivity index (χ4v) is 2.75. The average molecular weight is 254 g/mol. The van der Waals surface area contributed by atoms with Crippen molar-refractivity contribution < 1.29 is 0 Å². The third kappa shape index (κ3) is 1.86. The van der Waals surface area contributed by atoms with Gasteiger partial charge in [-0.25, -0.2) is 0 Å². The Hall–Kier alpha value is -2.60. The smallest absolute Gasteiger partial charge is 0.0171 e. The van der Waals surface area contributed by atoms with Crippen LogP contribution in [0.15, 0.2) is 84.9 Å². The van der Waals surface area contributed by atoms with Crippen LogP contribution < -0.4 is 0 Å². The van der Waals surface area contributed by atoms with Crippen molar-refractivity contribution in [3.8, 4) is 22.3 Å². The molecular formula is C20H14. The van der Waals surface area contributed by atoms with Gasteiger partial charge in [-0.3, -0.25) is 0 Å². The number of fused-ring (bicyclic) bond motifs is 2. The second-order valence-corrected chi connectivity index (χ2v) is 5.13. The summed E-state index contributed by atoms with van der Waals surface area (Å²) in [4.78, 5) is 0. The van der Waals surface area contributed by atoms with Gasteiger partial charge in [0.05, 0.1) is 0 Å². The van der Waals surface area contributed by atoms with Crippen molar-refractivity contribution in [2.45, 2.75) is 0 Å². The van der Waals surface area contributed by atoms with Crippen molar-refractivity contribution in [1.29, 1.82) is 0 Å². The molecule has 20 heavy (non-hydrogen) atoms. The number of hydrogen-bond acceptors (Lipinski definition) is 0.